The number of benzene rings is 1. The van der Waals surface area contributed by atoms with Crippen molar-refractivity contribution < 1.29 is 0 Å². The third-order valence-corrected chi connectivity index (χ3v) is 5.64. The highest BCUT2D eigenvalue weighted by Gasteiger charge is 2.27. The van der Waals surface area contributed by atoms with Gasteiger partial charge in [0.25, 0.3) is 0 Å². The van der Waals surface area contributed by atoms with Gasteiger partial charge in [-0.3, -0.25) is 4.68 Å². The van der Waals surface area contributed by atoms with Crippen LogP contribution in [0.15, 0.2) is 36.8 Å². The van der Waals surface area contributed by atoms with Crippen LogP contribution >= 0.6 is 0 Å². The summed E-state index contributed by atoms with van der Waals surface area (Å²) < 4.78 is 3.72. The van der Waals surface area contributed by atoms with Crippen molar-refractivity contribution in [2.45, 2.75) is 19.4 Å². The van der Waals surface area contributed by atoms with Gasteiger partial charge in [-0.2, -0.15) is 10.2 Å². The van der Waals surface area contributed by atoms with Crippen molar-refractivity contribution in [2.24, 2.45) is 19.8 Å². The molecule has 1 fully saturated rings. The lowest BCUT2D eigenvalue weighted by molar-refractivity contribution is 0.751. The second kappa shape index (κ2) is 6.66. The van der Waals surface area contributed by atoms with Crippen molar-refractivity contribution in [2.75, 3.05) is 18.0 Å². The van der Waals surface area contributed by atoms with Crippen molar-refractivity contribution in [3.63, 3.8) is 0 Å². The predicted octanol–water partition coefficient (Wildman–Crippen LogP) is 2.28. The number of anilines is 1. The van der Waals surface area contributed by atoms with Crippen LogP contribution in [-0.4, -0.2) is 48.7 Å². The second-order valence-corrected chi connectivity index (χ2v) is 7.76. The maximum absolute atomic E-state index is 6.16. The average molecular weight is 388 g/mol. The molecule has 4 heterocycles. The fourth-order valence-corrected chi connectivity index (χ4v) is 4.14. The lowest BCUT2D eigenvalue weighted by Gasteiger charge is -2.17. The Balaban J connectivity index is 1.74. The lowest BCUT2D eigenvalue weighted by atomic mass is 10.0. The van der Waals surface area contributed by atoms with Gasteiger partial charge >= 0.3 is 0 Å². The largest absolute Gasteiger partial charge is 0.354 e. The fraction of sp³-hybridized carbons (Fsp3) is 0.333. The summed E-state index contributed by atoms with van der Waals surface area (Å²) in [5, 5.41) is 10.3. The quantitative estimate of drug-likeness (QED) is 0.579. The average Bonchev–Trinajstić information content (AvgIpc) is 3.40. The summed E-state index contributed by atoms with van der Waals surface area (Å²) in [7, 11) is 3.88. The van der Waals surface area contributed by atoms with Crippen LogP contribution in [0.1, 0.15) is 12.0 Å². The van der Waals surface area contributed by atoms with Gasteiger partial charge in [-0.25, -0.2) is 14.6 Å². The number of rotatable bonds is 3. The minimum Gasteiger partial charge on any atom is -0.354 e. The fourth-order valence-electron chi connectivity index (χ4n) is 4.14. The highest BCUT2D eigenvalue weighted by molar-refractivity contribution is 6.01. The molecule has 0 spiro atoms. The van der Waals surface area contributed by atoms with E-state index in [1.807, 2.05) is 29.7 Å². The van der Waals surface area contributed by atoms with E-state index in [0.29, 0.717) is 0 Å². The molecule has 1 saturated heterocycles. The molecule has 8 nitrogen and oxygen atoms in total. The number of nitrogens with two attached hydrogens (primary N) is 1. The molecule has 1 atom stereocenters. The van der Waals surface area contributed by atoms with Crippen LogP contribution in [0.2, 0.25) is 0 Å². The van der Waals surface area contributed by atoms with Gasteiger partial charge < -0.3 is 10.6 Å². The third-order valence-electron chi connectivity index (χ3n) is 5.64. The van der Waals surface area contributed by atoms with Crippen molar-refractivity contribution in [3.8, 4) is 22.5 Å². The van der Waals surface area contributed by atoms with Crippen LogP contribution in [0, 0.1) is 6.92 Å². The minimum atomic E-state index is 0.168. The first-order valence-electron chi connectivity index (χ1n) is 9.80. The number of hydrogen-bond donors (Lipinski definition) is 1. The Morgan fingerprint density at radius 1 is 1.07 bits per heavy atom. The zero-order chi connectivity index (χ0) is 20.1. The molecular formula is C21H24N8. The van der Waals surface area contributed by atoms with Gasteiger partial charge in [0.2, 0.25) is 0 Å². The van der Waals surface area contributed by atoms with Crippen LogP contribution in [-0.2, 0) is 14.1 Å². The summed E-state index contributed by atoms with van der Waals surface area (Å²) in [5.74, 6) is 0.893. The number of aromatic nitrogens is 6. The molecule has 0 aliphatic carbocycles. The molecular weight excluding hydrogens is 364 g/mol. The minimum absolute atomic E-state index is 0.168. The van der Waals surface area contributed by atoms with Gasteiger partial charge in [0.05, 0.1) is 17.3 Å². The second-order valence-electron chi connectivity index (χ2n) is 7.76. The zero-order valence-electron chi connectivity index (χ0n) is 16.9. The van der Waals surface area contributed by atoms with Crippen LogP contribution < -0.4 is 10.6 Å². The summed E-state index contributed by atoms with van der Waals surface area (Å²) >= 11 is 0. The van der Waals surface area contributed by atoms with E-state index >= 15 is 0 Å². The molecule has 148 valence electrons. The van der Waals surface area contributed by atoms with Crippen LogP contribution in [0.3, 0.4) is 0 Å². The SMILES string of the molecule is Cc1ccc(-c2c(-c3nn(C)c4ncnc(N5CC[C@H](N)C5)c34)cnn2C)cc1. The van der Waals surface area contributed by atoms with Gasteiger partial charge in [-0.1, -0.05) is 29.8 Å². The van der Waals surface area contributed by atoms with E-state index in [-0.39, 0.29) is 6.04 Å². The van der Waals surface area contributed by atoms with Gasteiger partial charge in [0, 0.05) is 44.4 Å². The number of nitrogens with zero attached hydrogens (tertiary/aromatic N) is 7. The Bertz CT molecular complexity index is 1190. The molecule has 2 N–H and O–H groups in total. The summed E-state index contributed by atoms with van der Waals surface area (Å²) in [5.41, 5.74) is 12.1. The summed E-state index contributed by atoms with van der Waals surface area (Å²) in [6.45, 7) is 3.77. The maximum Gasteiger partial charge on any atom is 0.163 e. The molecule has 8 heteroatoms. The molecule has 1 aliphatic rings. The summed E-state index contributed by atoms with van der Waals surface area (Å²) in [6, 6.07) is 8.64. The van der Waals surface area contributed by atoms with Gasteiger partial charge in [-0.05, 0) is 13.3 Å². The van der Waals surface area contributed by atoms with E-state index in [9.17, 15) is 0 Å². The van der Waals surface area contributed by atoms with E-state index in [0.717, 1.165) is 58.9 Å². The molecule has 1 aliphatic heterocycles. The lowest BCUT2D eigenvalue weighted by Crippen LogP contribution is -2.27. The summed E-state index contributed by atoms with van der Waals surface area (Å²) in [4.78, 5) is 11.4. The van der Waals surface area contributed by atoms with Gasteiger partial charge in [0.1, 0.15) is 17.8 Å². The van der Waals surface area contributed by atoms with E-state index in [4.69, 9.17) is 10.8 Å². The molecule has 0 bridgehead atoms. The Morgan fingerprint density at radius 2 is 1.86 bits per heavy atom. The Kier molecular flexibility index (Phi) is 4.09. The molecule has 29 heavy (non-hydrogen) atoms. The first kappa shape index (κ1) is 17.8. The molecule has 4 aromatic rings. The van der Waals surface area contributed by atoms with Crippen molar-refractivity contribution in [1.82, 2.24) is 29.5 Å². The topological polar surface area (TPSA) is 90.7 Å². The predicted molar refractivity (Wildman–Crippen MR) is 113 cm³/mol. The standard InChI is InChI=1S/C21H24N8/c1-13-4-6-14(7-5-13)19-16(10-25-27(19)2)18-17-20(28(3)26-18)23-12-24-21(17)29-9-8-15(22)11-29/h4-7,10,12,15H,8-9,11,22H2,1-3H3/t15-/m0/s1. The monoisotopic (exact) mass is 388 g/mol. The molecule has 0 amide bonds. The molecule has 5 rings (SSSR count). The smallest absolute Gasteiger partial charge is 0.163 e. The van der Waals surface area contributed by atoms with E-state index in [1.165, 1.54) is 5.56 Å². The van der Waals surface area contributed by atoms with Crippen LogP contribution in [0.5, 0.6) is 0 Å². The number of aryl methyl sites for hydroxylation is 3. The van der Waals surface area contributed by atoms with Crippen LogP contribution in [0.25, 0.3) is 33.5 Å². The normalized spacial score (nSPS) is 16.8. The number of hydrogen-bond acceptors (Lipinski definition) is 6. The molecule has 3 aromatic heterocycles. The molecule has 1 aromatic carbocycles. The Labute approximate surface area is 169 Å². The van der Waals surface area contributed by atoms with E-state index in [2.05, 4.69) is 51.2 Å². The van der Waals surface area contributed by atoms with E-state index in [1.54, 1.807) is 6.33 Å². The zero-order valence-corrected chi connectivity index (χ0v) is 16.9. The molecule has 0 unspecified atom stereocenters. The first-order valence-corrected chi connectivity index (χ1v) is 9.80. The highest BCUT2D eigenvalue weighted by Crippen LogP contribution is 2.38. The van der Waals surface area contributed by atoms with Crippen molar-refractivity contribution >= 4 is 16.9 Å². The van der Waals surface area contributed by atoms with Crippen molar-refractivity contribution in [1.29, 1.82) is 0 Å². The van der Waals surface area contributed by atoms with E-state index < -0.39 is 0 Å². The Hall–Kier alpha value is -3.26. The molecule has 0 radical (unpaired) electrons. The third kappa shape index (κ3) is 2.87. The summed E-state index contributed by atoms with van der Waals surface area (Å²) in [6.07, 6.45) is 4.45. The Morgan fingerprint density at radius 3 is 2.59 bits per heavy atom. The van der Waals surface area contributed by atoms with Crippen molar-refractivity contribution in [3.05, 3.63) is 42.4 Å². The highest BCUT2D eigenvalue weighted by atomic mass is 15.3. The van der Waals surface area contributed by atoms with Crippen LogP contribution in [0.4, 0.5) is 5.82 Å². The maximum atomic E-state index is 6.16. The molecule has 0 saturated carbocycles. The first-order chi connectivity index (χ1) is 14.0. The van der Waals surface area contributed by atoms with Gasteiger partial charge in [-0.15, -0.1) is 0 Å². The number of fused-ring (bicyclic) bond motifs is 1. The van der Waals surface area contributed by atoms with Gasteiger partial charge in [0.15, 0.2) is 5.65 Å².